The molecule has 17 heavy (non-hydrogen) atoms. The first-order valence-corrected chi connectivity index (χ1v) is 6.63. The van der Waals surface area contributed by atoms with Crippen molar-refractivity contribution in [2.24, 2.45) is 11.7 Å². The van der Waals surface area contributed by atoms with E-state index in [4.69, 9.17) is 17.3 Å². The molecule has 0 fully saturated rings. The van der Waals surface area contributed by atoms with E-state index in [-0.39, 0.29) is 11.8 Å². The summed E-state index contributed by atoms with van der Waals surface area (Å²) >= 11 is 9.42. The Labute approximate surface area is 115 Å². The molecule has 1 amide bonds. The lowest BCUT2D eigenvalue weighted by Gasteiger charge is -2.14. The van der Waals surface area contributed by atoms with Crippen LogP contribution >= 0.6 is 27.5 Å². The van der Waals surface area contributed by atoms with E-state index in [1.165, 1.54) is 0 Å². The van der Waals surface area contributed by atoms with Gasteiger partial charge in [-0.1, -0.05) is 18.5 Å². The molecule has 0 aromatic heterocycles. The van der Waals surface area contributed by atoms with Gasteiger partial charge in [-0.15, -0.1) is 0 Å². The molecule has 0 aliphatic rings. The molecule has 0 spiro atoms. The highest BCUT2D eigenvalue weighted by molar-refractivity contribution is 9.10. The minimum atomic E-state index is -0.165. The first-order valence-electron chi connectivity index (χ1n) is 5.46. The van der Waals surface area contributed by atoms with E-state index >= 15 is 0 Å². The molecule has 0 aliphatic heterocycles. The number of hydrogen-bond acceptors (Lipinski definition) is 2. The Kier molecular flexibility index (Phi) is 5.43. The molecule has 94 valence electrons. The fourth-order valence-corrected chi connectivity index (χ4v) is 2.16. The molecule has 1 rings (SSSR count). The highest BCUT2D eigenvalue weighted by atomic mass is 79.9. The number of carbonyl (C=O) groups is 1. The van der Waals surface area contributed by atoms with Crippen LogP contribution in [0.2, 0.25) is 5.02 Å². The van der Waals surface area contributed by atoms with Crippen molar-refractivity contribution < 1.29 is 4.79 Å². The van der Waals surface area contributed by atoms with Crippen LogP contribution in [0.25, 0.3) is 0 Å². The number of rotatable bonds is 4. The third kappa shape index (κ3) is 3.69. The molecule has 1 aromatic rings. The predicted octanol–water partition coefficient (Wildman–Crippen LogP) is 3.33. The summed E-state index contributed by atoms with van der Waals surface area (Å²) in [5.41, 5.74) is 7.17. The lowest BCUT2D eigenvalue weighted by molar-refractivity contribution is -0.119. The van der Waals surface area contributed by atoms with Crippen molar-refractivity contribution in [2.45, 2.75) is 20.3 Å². The topological polar surface area (TPSA) is 55.1 Å². The van der Waals surface area contributed by atoms with E-state index in [0.29, 0.717) is 17.3 Å². The molecule has 0 saturated carbocycles. The summed E-state index contributed by atoms with van der Waals surface area (Å²) in [4.78, 5) is 11.9. The molecule has 0 bridgehead atoms. The summed E-state index contributed by atoms with van der Waals surface area (Å²) < 4.78 is 0.819. The van der Waals surface area contributed by atoms with Crippen molar-refractivity contribution in [1.29, 1.82) is 0 Å². The molecule has 3 N–H and O–H groups in total. The molecule has 1 aromatic carbocycles. The summed E-state index contributed by atoms with van der Waals surface area (Å²) in [5, 5.41) is 3.46. The van der Waals surface area contributed by atoms with Gasteiger partial charge in [0.15, 0.2) is 0 Å². The van der Waals surface area contributed by atoms with Gasteiger partial charge in [0.25, 0.3) is 0 Å². The Hall–Kier alpha value is -0.580. The minimum Gasteiger partial charge on any atom is -0.330 e. The Bertz CT molecular complexity index is 419. The third-order valence-electron chi connectivity index (χ3n) is 2.65. The van der Waals surface area contributed by atoms with E-state index in [1.54, 1.807) is 6.07 Å². The molecule has 1 unspecified atom stereocenters. The number of amides is 1. The van der Waals surface area contributed by atoms with Crippen molar-refractivity contribution in [3.05, 3.63) is 27.2 Å². The molecule has 1 atom stereocenters. The predicted molar refractivity (Wildman–Crippen MR) is 75.4 cm³/mol. The molecule has 0 radical (unpaired) electrons. The number of aryl methyl sites for hydroxylation is 1. The summed E-state index contributed by atoms with van der Waals surface area (Å²) in [6, 6.07) is 3.61. The second-order valence-electron chi connectivity index (χ2n) is 3.91. The highest BCUT2D eigenvalue weighted by Crippen LogP contribution is 2.29. The van der Waals surface area contributed by atoms with Gasteiger partial charge in [0.2, 0.25) is 5.91 Å². The molecule has 3 nitrogen and oxygen atoms in total. The fraction of sp³-hybridized carbons (Fsp3) is 0.417. The second-order valence-corrected chi connectivity index (χ2v) is 5.17. The van der Waals surface area contributed by atoms with Crippen LogP contribution in [0.15, 0.2) is 16.6 Å². The fourth-order valence-electron chi connectivity index (χ4n) is 1.44. The van der Waals surface area contributed by atoms with Gasteiger partial charge in [-0.3, -0.25) is 4.79 Å². The van der Waals surface area contributed by atoms with Crippen molar-refractivity contribution >= 4 is 39.1 Å². The van der Waals surface area contributed by atoms with Crippen LogP contribution in [0, 0.1) is 12.8 Å². The Morgan fingerprint density at radius 3 is 2.76 bits per heavy atom. The second kappa shape index (κ2) is 6.38. The molecule has 0 aliphatic carbocycles. The van der Waals surface area contributed by atoms with Crippen molar-refractivity contribution in [1.82, 2.24) is 0 Å². The van der Waals surface area contributed by atoms with Crippen LogP contribution in [0.1, 0.15) is 18.9 Å². The molecule has 5 heteroatoms. The summed E-state index contributed by atoms with van der Waals surface area (Å²) in [5.74, 6) is -0.238. The van der Waals surface area contributed by atoms with E-state index in [2.05, 4.69) is 21.2 Å². The first-order chi connectivity index (χ1) is 7.99. The molecular formula is C12H16BrClN2O. The highest BCUT2D eigenvalue weighted by Gasteiger charge is 2.16. The van der Waals surface area contributed by atoms with Crippen molar-refractivity contribution in [3.63, 3.8) is 0 Å². The zero-order valence-electron chi connectivity index (χ0n) is 9.89. The maximum absolute atomic E-state index is 11.9. The van der Waals surface area contributed by atoms with Crippen LogP contribution in [0.4, 0.5) is 5.69 Å². The average Bonchev–Trinajstić information content (AvgIpc) is 2.27. The van der Waals surface area contributed by atoms with Crippen LogP contribution in [-0.4, -0.2) is 12.5 Å². The van der Waals surface area contributed by atoms with E-state index in [0.717, 1.165) is 16.5 Å². The van der Waals surface area contributed by atoms with Gasteiger partial charge < -0.3 is 11.1 Å². The summed E-state index contributed by atoms with van der Waals surface area (Å²) in [6.45, 7) is 4.20. The van der Waals surface area contributed by atoms with E-state index in [1.807, 2.05) is 19.9 Å². The van der Waals surface area contributed by atoms with Crippen molar-refractivity contribution in [3.8, 4) is 0 Å². The molecular weight excluding hydrogens is 304 g/mol. The van der Waals surface area contributed by atoms with Gasteiger partial charge in [-0.05, 0) is 47.0 Å². The standard InChI is InChI=1S/C12H16BrClN2O/c1-3-8(6-15)12(17)16-11-5-10(14)7(2)4-9(11)13/h4-5,8H,3,6,15H2,1-2H3,(H,16,17). The Balaban J connectivity index is 2.88. The molecule has 0 heterocycles. The number of hydrogen-bond donors (Lipinski definition) is 2. The average molecular weight is 320 g/mol. The number of carbonyl (C=O) groups excluding carboxylic acids is 1. The van der Waals surface area contributed by atoms with Gasteiger partial charge >= 0.3 is 0 Å². The number of nitrogens with two attached hydrogens (primary N) is 1. The monoisotopic (exact) mass is 318 g/mol. The largest absolute Gasteiger partial charge is 0.330 e. The van der Waals surface area contributed by atoms with Gasteiger partial charge in [-0.2, -0.15) is 0 Å². The third-order valence-corrected chi connectivity index (χ3v) is 3.72. The lowest BCUT2D eigenvalue weighted by atomic mass is 10.1. The van der Waals surface area contributed by atoms with Gasteiger partial charge in [-0.25, -0.2) is 0 Å². The van der Waals surface area contributed by atoms with Crippen LogP contribution < -0.4 is 11.1 Å². The summed E-state index contributed by atoms with van der Waals surface area (Å²) in [6.07, 6.45) is 0.722. The minimum absolute atomic E-state index is 0.0735. The number of nitrogens with one attached hydrogen (secondary N) is 1. The SMILES string of the molecule is CCC(CN)C(=O)Nc1cc(Cl)c(C)cc1Br. The maximum Gasteiger partial charge on any atom is 0.228 e. The van der Waals surface area contributed by atoms with Crippen molar-refractivity contribution in [2.75, 3.05) is 11.9 Å². The van der Waals surface area contributed by atoms with Crippen LogP contribution in [0.3, 0.4) is 0 Å². The van der Waals surface area contributed by atoms with E-state index in [9.17, 15) is 4.79 Å². The lowest BCUT2D eigenvalue weighted by Crippen LogP contribution is -2.28. The molecule has 0 saturated heterocycles. The quantitative estimate of drug-likeness (QED) is 0.894. The van der Waals surface area contributed by atoms with Crippen LogP contribution in [-0.2, 0) is 4.79 Å². The zero-order chi connectivity index (χ0) is 13.0. The number of benzene rings is 1. The maximum atomic E-state index is 11.9. The normalized spacial score (nSPS) is 12.3. The van der Waals surface area contributed by atoms with E-state index < -0.39 is 0 Å². The van der Waals surface area contributed by atoms with Crippen LogP contribution in [0.5, 0.6) is 0 Å². The Morgan fingerprint density at radius 1 is 1.59 bits per heavy atom. The smallest absolute Gasteiger partial charge is 0.228 e. The number of halogens is 2. The van der Waals surface area contributed by atoms with Gasteiger partial charge in [0.05, 0.1) is 11.6 Å². The Morgan fingerprint density at radius 2 is 2.24 bits per heavy atom. The first kappa shape index (κ1) is 14.5. The van der Waals surface area contributed by atoms with Gasteiger partial charge in [0.1, 0.15) is 0 Å². The zero-order valence-corrected chi connectivity index (χ0v) is 12.2. The summed E-state index contributed by atoms with van der Waals surface area (Å²) in [7, 11) is 0. The van der Waals surface area contributed by atoms with Gasteiger partial charge in [0, 0.05) is 16.0 Å². The number of anilines is 1.